The number of hydrogen-bond acceptors (Lipinski definition) is 4. The van der Waals surface area contributed by atoms with E-state index in [0.29, 0.717) is 29.0 Å². The number of amides is 1. The van der Waals surface area contributed by atoms with Crippen LogP contribution < -0.4 is 20.8 Å². The number of aromatic nitrogens is 1. The van der Waals surface area contributed by atoms with Crippen molar-refractivity contribution in [3.8, 4) is 11.5 Å². The van der Waals surface area contributed by atoms with Crippen molar-refractivity contribution in [3.63, 3.8) is 0 Å². The van der Waals surface area contributed by atoms with Gasteiger partial charge in [-0.25, -0.2) is 0 Å². The minimum Gasteiger partial charge on any atom is -0.493 e. The summed E-state index contributed by atoms with van der Waals surface area (Å²) in [7, 11) is 1.53. The van der Waals surface area contributed by atoms with Gasteiger partial charge in [0.1, 0.15) is 5.56 Å². The van der Waals surface area contributed by atoms with Crippen LogP contribution in [0.25, 0.3) is 10.9 Å². The summed E-state index contributed by atoms with van der Waals surface area (Å²) in [6.45, 7) is 2.58. The van der Waals surface area contributed by atoms with E-state index in [1.54, 1.807) is 12.1 Å². The first-order chi connectivity index (χ1) is 10.1. The van der Waals surface area contributed by atoms with E-state index in [0.717, 1.165) is 12.8 Å². The molecule has 0 saturated carbocycles. The minimum absolute atomic E-state index is 0.0767. The third-order valence-electron chi connectivity index (χ3n) is 3.17. The molecule has 6 nitrogen and oxygen atoms in total. The van der Waals surface area contributed by atoms with E-state index in [1.807, 2.05) is 0 Å². The van der Waals surface area contributed by atoms with Crippen LogP contribution in [0.5, 0.6) is 11.5 Å². The summed E-state index contributed by atoms with van der Waals surface area (Å²) in [6, 6.07) is 4.93. The molecule has 112 valence electrons. The van der Waals surface area contributed by atoms with Crippen molar-refractivity contribution in [1.29, 1.82) is 0 Å². The molecule has 1 heterocycles. The fourth-order valence-corrected chi connectivity index (χ4v) is 2.04. The van der Waals surface area contributed by atoms with Crippen molar-refractivity contribution in [2.75, 3.05) is 13.7 Å². The largest absolute Gasteiger partial charge is 0.493 e. The number of methoxy groups -OCH3 is 1. The van der Waals surface area contributed by atoms with E-state index in [2.05, 4.69) is 11.9 Å². The number of hydrogen-bond donors (Lipinski definition) is 2. The van der Waals surface area contributed by atoms with Crippen molar-refractivity contribution < 1.29 is 14.3 Å². The van der Waals surface area contributed by atoms with E-state index in [9.17, 15) is 9.59 Å². The lowest BCUT2D eigenvalue weighted by Crippen LogP contribution is -2.23. The Labute approximate surface area is 121 Å². The number of ether oxygens (including phenoxy) is 2. The number of carbonyl (C=O) groups is 1. The first kappa shape index (κ1) is 14.9. The van der Waals surface area contributed by atoms with E-state index >= 15 is 0 Å². The molecule has 0 unspecified atom stereocenters. The van der Waals surface area contributed by atoms with Crippen LogP contribution in [0.3, 0.4) is 0 Å². The quantitative estimate of drug-likeness (QED) is 0.793. The van der Waals surface area contributed by atoms with Gasteiger partial charge in [-0.2, -0.15) is 0 Å². The van der Waals surface area contributed by atoms with Crippen molar-refractivity contribution in [2.24, 2.45) is 5.73 Å². The second-order valence-electron chi connectivity index (χ2n) is 4.64. The van der Waals surface area contributed by atoms with Gasteiger partial charge in [0.05, 0.1) is 19.2 Å². The summed E-state index contributed by atoms with van der Waals surface area (Å²) >= 11 is 0. The molecule has 0 saturated heterocycles. The third-order valence-corrected chi connectivity index (χ3v) is 3.17. The van der Waals surface area contributed by atoms with Gasteiger partial charge in [0.2, 0.25) is 0 Å². The van der Waals surface area contributed by atoms with Crippen LogP contribution >= 0.6 is 0 Å². The van der Waals surface area contributed by atoms with Crippen LogP contribution in [0.4, 0.5) is 0 Å². The molecule has 21 heavy (non-hydrogen) atoms. The van der Waals surface area contributed by atoms with Gasteiger partial charge in [-0.3, -0.25) is 9.59 Å². The highest BCUT2D eigenvalue weighted by Gasteiger charge is 2.14. The predicted octanol–water partition coefficient (Wildman–Crippen LogP) is 1.81. The summed E-state index contributed by atoms with van der Waals surface area (Å²) in [5.41, 5.74) is 5.07. The Morgan fingerprint density at radius 1 is 1.38 bits per heavy atom. The van der Waals surface area contributed by atoms with Gasteiger partial charge in [0.15, 0.2) is 11.5 Å². The summed E-state index contributed by atoms with van der Waals surface area (Å²) < 4.78 is 11.0. The van der Waals surface area contributed by atoms with Gasteiger partial charge < -0.3 is 20.2 Å². The van der Waals surface area contributed by atoms with E-state index in [1.165, 1.54) is 13.2 Å². The van der Waals surface area contributed by atoms with E-state index in [4.69, 9.17) is 15.2 Å². The number of rotatable bonds is 6. The second-order valence-corrected chi connectivity index (χ2v) is 4.64. The monoisotopic (exact) mass is 290 g/mol. The zero-order valence-corrected chi connectivity index (χ0v) is 12.1. The number of unbranched alkanes of at least 4 members (excludes halogenated alkanes) is 1. The lowest BCUT2D eigenvalue weighted by Gasteiger charge is -2.13. The van der Waals surface area contributed by atoms with Crippen molar-refractivity contribution >= 4 is 16.8 Å². The molecule has 0 atom stereocenters. The average Bonchev–Trinajstić information content (AvgIpc) is 2.46. The maximum atomic E-state index is 11.9. The summed E-state index contributed by atoms with van der Waals surface area (Å²) in [5, 5.41) is 0.663. The molecule has 0 radical (unpaired) electrons. The molecule has 0 bridgehead atoms. The van der Waals surface area contributed by atoms with Crippen LogP contribution in [-0.2, 0) is 0 Å². The normalized spacial score (nSPS) is 10.6. The number of nitrogens with one attached hydrogen (secondary N) is 1. The number of carbonyl (C=O) groups excluding carboxylic acids is 1. The molecule has 0 aliphatic heterocycles. The highest BCUT2D eigenvalue weighted by atomic mass is 16.5. The van der Waals surface area contributed by atoms with Crippen LogP contribution in [0.15, 0.2) is 23.0 Å². The fraction of sp³-hybridized carbons (Fsp3) is 0.333. The molecule has 0 spiro atoms. The minimum atomic E-state index is -0.762. The fourth-order valence-electron chi connectivity index (χ4n) is 2.04. The molecule has 2 aromatic rings. The maximum absolute atomic E-state index is 11.9. The molecule has 0 aliphatic carbocycles. The Kier molecular flexibility index (Phi) is 4.47. The molecule has 6 heteroatoms. The predicted molar refractivity (Wildman–Crippen MR) is 80.0 cm³/mol. The molecule has 1 amide bonds. The molecule has 1 aromatic carbocycles. The SMILES string of the molecule is CCCCOc1c(OC)ccc2cc(C(N)=O)c(=O)[nH]c12. The van der Waals surface area contributed by atoms with Gasteiger partial charge in [0, 0.05) is 5.39 Å². The number of benzene rings is 1. The number of fused-ring (bicyclic) bond motifs is 1. The van der Waals surface area contributed by atoms with Gasteiger partial charge in [0.25, 0.3) is 11.5 Å². The van der Waals surface area contributed by atoms with Crippen LogP contribution in [0.1, 0.15) is 30.1 Å². The average molecular weight is 290 g/mol. The van der Waals surface area contributed by atoms with Crippen LogP contribution in [-0.4, -0.2) is 24.6 Å². The van der Waals surface area contributed by atoms with Crippen LogP contribution in [0.2, 0.25) is 0 Å². The lowest BCUT2D eigenvalue weighted by atomic mass is 10.1. The molecule has 1 aromatic heterocycles. The number of pyridine rings is 1. The topological polar surface area (TPSA) is 94.4 Å². The Hall–Kier alpha value is -2.50. The molecular formula is C15H18N2O4. The molecular weight excluding hydrogens is 272 g/mol. The van der Waals surface area contributed by atoms with Crippen molar-refractivity contribution in [3.05, 3.63) is 34.1 Å². The summed E-state index contributed by atoms with van der Waals surface area (Å²) in [5.74, 6) is 0.236. The van der Waals surface area contributed by atoms with Gasteiger partial charge >= 0.3 is 0 Å². The summed E-state index contributed by atoms with van der Waals surface area (Å²) in [6.07, 6.45) is 1.89. The van der Waals surface area contributed by atoms with Crippen LogP contribution in [0, 0.1) is 0 Å². The molecule has 0 fully saturated rings. The van der Waals surface area contributed by atoms with Crippen molar-refractivity contribution in [1.82, 2.24) is 4.98 Å². The highest BCUT2D eigenvalue weighted by molar-refractivity contribution is 5.97. The zero-order valence-electron chi connectivity index (χ0n) is 12.1. The third kappa shape index (κ3) is 2.99. The Morgan fingerprint density at radius 3 is 2.76 bits per heavy atom. The first-order valence-corrected chi connectivity index (χ1v) is 6.75. The molecule has 0 aliphatic rings. The van der Waals surface area contributed by atoms with E-state index < -0.39 is 11.5 Å². The summed E-state index contributed by atoms with van der Waals surface area (Å²) in [4.78, 5) is 25.8. The second kappa shape index (κ2) is 6.30. The van der Waals surface area contributed by atoms with Gasteiger partial charge in [-0.05, 0) is 24.6 Å². The Morgan fingerprint density at radius 2 is 2.14 bits per heavy atom. The number of aromatic amines is 1. The highest BCUT2D eigenvalue weighted by Crippen LogP contribution is 2.34. The maximum Gasteiger partial charge on any atom is 0.261 e. The van der Waals surface area contributed by atoms with Gasteiger partial charge in [-0.1, -0.05) is 13.3 Å². The number of H-pyrrole nitrogens is 1. The Bertz CT molecular complexity index is 721. The Balaban J connectivity index is 2.60. The lowest BCUT2D eigenvalue weighted by molar-refractivity contribution is 0.0999. The first-order valence-electron chi connectivity index (χ1n) is 6.75. The number of primary amides is 1. The molecule has 2 rings (SSSR count). The van der Waals surface area contributed by atoms with E-state index in [-0.39, 0.29) is 5.56 Å². The smallest absolute Gasteiger partial charge is 0.261 e. The number of nitrogens with two attached hydrogens (primary N) is 1. The van der Waals surface area contributed by atoms with Crippen molar-refractivity contribution in [2.45, 2.75) is 19.8 Å². The van der Waals surface area contributed by atoms with Gasteiger partial charge in [-0.15, -0.1) is 0 Å². The standard InChI is InChI=1S/C15H18N2O4/c1-3-4-7-21-13-11(20-2)6-5-9-8-10(14(16)18)15(19)17-12(9)13/h5-6,8H,3-4,7H2,1-2H3,(H2,16,18)(H,17,19). The zero-order chi connectivity index (χ0) is 15.4. The molecule has 3 N–H and O–H groups in total.